The van der Waals surface area contributed by atoms with Crippen molar-refractivity contribution in [2.45, 2.75) is 82.1 Å². The van der Waals surface area contributed by atoms with Crippen LogP contribution in [0.3, 0.4) is 0 Å². The van der Waals surface area contributed by atoms with Crippen LogP contribution in [0, 0.1) is 11.8 Å². The molecular weight excluding hydrogens is 542 g/mol. The van der Waals surface area contributed by atoms with Gasteiger partial charge in [-0.05, 0) is 87.3 Å². The third-order valence-corrected chi connectivity index (χ3v) is 10.3. The van der Waals surface area contributed by atoms with E-state index in [4.69, 9.17) is 21.4 Å². The standard InChI is InChI=1S/C32H36ClN3O5/c33-25-4-1-3-23(19-5-6-19)27(25)30(38)36-26-17-22(29(37)35-15-14-32(18-35)13-2-16-41-32)11-12-24(26)28(34-36)20-7-9-21(10-8-20)31(39)40/h1,3-4,7,19,21-22H,2,5-6,8-18H2,(H,39,40). The van der Waals surface area contributed by atoms with Crippen LogP contribution in [0.4, 0.5) is 0 Å². The fourth-order valence-electron chi connectivity index (χ4n) is 7.50. The summed E-state index contributed by atoms with van der Waals surface area (Å²) in [5.41, 5.74) is 4.88. The third kappa shape index (κ3) is 4.83. The van der Waals surface area contributed by atoms with E-state index in [-0.39, 0.29) is 23.3 Å². The first-order valence-corrected chi connectivity index (χ1v) is 15.5. The predicted molar refractivity (Wildman–Crippen MR) is 153 cm³/mol. The quantitative estimate of drug-likeness (QED) is 0.520. The summed E-state index contributed by atoms with van der Waals surface area (Å²) in [5.74, 6) is -1.16. The number of carbonyl (C=O) groups is 3. The number of aliphatic carboxylic acids is 1. The molecule has 3 aliphatic carbocycles. The highest BCUT2D eigenvalue weighted by Gasteiger charge is 2.45. The van der Waals surface area contributed by atoms with Crippen molar-refractivity contribution >= 4 is 35.0 Å². The Balaban J connectivity index is 1.23. The van der Waals surface area contributed by atoms with Gasteiger partial charge in [-0.25, -0.2) is 0 Å². The summed E-state index contributed by atoms with van der Waals surface area (Å²) in [7, 11) is 0. The second-order valence-electron chi connectivity index (χ2n) is 12.6. The van der Waals surface area contributed by atoms with Crippen LogP contribution in [0.5, 0.6) is 0 Å². The summed E-state index contributed by atoms with van der Waals surface area (Å²) in [6, 6.07) is 5.64. The van der Waals surface area contributed by atoms with Gasteiger partial charge in [-0.3, -0.25) is 14.4 Å². The highest BCUT2D eigenvalue weighted by Crippen LogP contribution is 2.44. The Hall–Kier alpha value is -2.97. The maximum atomic E-state index is 14.2. The van der Waals surface area contributed by atoms with Gasteiger partial charge in [-0.2, -0.15) is 9.78 Å². The molecule has 3 unspecified atom stereocenters. The number of carboxylic acid groups (broad SMARTS) is 1. The minimum absolute atomic E-state index is 0.141. The van der Waals surface area contributed by atoms with Gasteiger partial charge in [0.15, 0.2) is 0 Å². The number of hydrogen-bond acceptors (Lipinski definition) is 5. The molecule has 41 heavy (non-hydrogen) atoms. The van der Waals surface area contributed by atoms with Crippen LogP contribution < -0.4 is 0 Å². The molecule has 2 aromatic rings. The molecule has 1 aromatic heterocycles. The van der Waals surface area contributed by atoms with E-state index < -0.39 is 11.9 Å². The molecule has 0 radical (unpaired) electrons. The topological polar surface area (TPSA) is 102 Å². The fourth-order valence-corrected chi connectivity index (χ4v) is 7.76. The first kappa shape index (κ1) is 26.9. The number of ether oxygens (including phenoxy) is 1. The lowest BCUT2D eigenvalue weighted by atomic mass is 9.82. The molecule has 3 fully saturated rings. The van der Waals surface area contributed by atoms with Crippen LogP contribution >= 0.6 is 11.6 Å². The number of carboxylic acids is 1. The Morgan fingerprint density at radius 1 is 1.07 bits per heavy atom. The van der Waals surface area contributed by atoms with Gasteiger partial charge in [0.1, 0.15) is 0 Å². The predicted octanol–water partition coefficient (Wildman–Crippen LogP) is 5.26. The summed E-state index contributed by atoms with van der Waals surface area (Å²) in [6.45, 7) is 2.14. The number of carbonyl (C=O) groups excluding carboxylic acids is 2. The maximum absolute atomic E-state index is 14.2. The average Bonchev–Trinajstić information content (AvgIpc) is 3.41. The molecule has 5 aliphatic rings. The van der Waals surface area contributed by atoms with Crippen molar-refractivity contribution in [2.24, 2.45) is 11.8 Å². The zero-order valence-electron chi connectivity index (χ0n) is 23.2. The molecule has 2 aliphatic heterocycles. The number of allylic oxidation sites excluding steroid dienone is 2. The number of benzene rings is 1. The van der Waals surface area contributed by atoms with E-state index >= 15 is 0 Å². The van der Waals surface area contributed by atoms with Crippen LogP contribution in [0.2, 0.25) is 5.02 Å². The Morgan fingerprint density at radius 2 is 1.90 bits per heavy atom. The van der Waals surface area contributed by atoms with Crippen LogP contribution in [0.25, 0.3) is 5.57 Å². The average molecular weight is 578 g/mol. The molecule has 9 heteroatoms. The first-order chi connectivity index (χ1) is 19.8. The van der Waals surface area contributed by atoms with Gasteiger partial charge >= 0.3 is 5.97 Å². The van der Waals surface area contributed by atoms with Gasteiger partial charge in [-0.1, -0.05) is 29.8 Å². The summed E-state index contributed by atoms with van der Waals surface area (Å²) in [4.78, 5) is 41.5. The van der Waals surface area contributed by atoms with Crippen molar-refractivity contribution < 1.29 is 24.2 Å². The highest BCUT2D eigenvalue weighted by atomic mass is 35.5. The Kier molecular flexibility index (Phi) is 6.81. The summed E-state index contributed by atoms with van der Waals surface area (Å²) in [6.07, 6.45) is 10.4. The van der Waals surface area contributed by atoms with Crippen LogP contribution in [-0.2, 0) is 27.2 Å². The number of halogens is 1. The molecule has 1 spiro atoms. The van der Waals surface area contributed by atoms with E-state index in [0.717, 1.165) is 66.8 Å². The SMILES string of the molecule is O=C(O)C1CC=C(c2nn(C(=O)c3c(Cl)cccc3C3CC3)c3c2CCC(C(=O)N2CCC4(CCCO4)C2)C3)CC1. The molecule has 3 atom stereocenters. The highest BCUT2D eigenvalue weighted by molar-refractivity contribution is 6.34. The molecule has 1 saturated carbocycles. The van der Waals surface area contributed by atoms with Crippen LogP contribution in [0.15, 0.2) is 24.3 Å². The first-order valence-electron chi connectivity index (χ1n) is 15.1. The van der Waals surface area contributed by atoms with Gasteiger partial charge in [0.2, 0.25) is 5.91 Å². The molecule has 1 amide bonds. The van der Waals surface area contributed by atoms with Gasteiger partial charge in [-0.15, -0.1) is 0 Å². The van der Waals surface area contributed by atoms with Crippen molar-refractivity contribution in [1.29, 1.82) is 0 Å². The van der Waals surface area contributed by atoms with Crippen molar-refractivity contribution in [1.82, 2.24) is 14.7 Å². The van der Waals surface area contributed by atoms with Crippen LogP contribution in [0.1, 0.15) is 96.6 Å². The maximum Gasteiger partial charge on any atom is 0.306 e. The van der Waals surface area contributed by atoms with E-state index in [1.165, 1.54) is 4.68 Å². The summed E-state index contributed by atoms with van der Waals surface area (Å²) >= 11 is 6.65. The minimum Gasteiger partial charge on any atom is -0.481 e. The molecule has 0 bridgehead atoms. The lowest BCUT2D eigenvalue weighted by Gasteiger charge is -2.29. The van der Waals surface area contributed by atoms with Crippen molar-refractivity contribution in [2.75, 3.05) is 19.7 Å². The number of rotatable bonds is 5. The smallest absolute Gasteiger partial charge is 0.306 e. The largest absolute Gasteiger partial charge is 0.481 e. The number of hydrogen-bond donors (Lipinski definition) is 1. The zero-order valence-corrected chi connectivity index (χ0v) is 24.0. The second kappa shape index (κ2) is 10.4. The Bertz CT molecular complexity index is 1450. The van der Waals surface area contributed by atoms with E-state index in [0.29, 0.717) is 68.1 Å². The van der Waals surface area contributed by atoms with E-state index in [9.17, 15) is 19.5 Å². The Morgan fingerprint density at radius 3 is 2.61 bits per heavy atom. The lowest BCUT2D eigenvalue weighted by molar-refractivity contribution is -0.142. The molecule has 1 aromatic carbocycles. The number of amides is 1. The summed E-state index contributed by atoms with van der Waals surface area (Å²) < 4.78 is 7.58. The van der Waals surface area contributed by atoms with Crippen molar-refractivity contribution in [3.8, 4) is 0 Å². The summed E-state index contributed by atoms with van der Waals surface area (Å²) in [5, 5.41) is 14.8. The molecule has 8 nitrogen and oxygen atoms in total. The number of aromatic nitrogens is 2. The monoisotopic (exact) mass is 577 g/mol. The van der Waals surface area contributed by atoms with Gasteiger partial charge in [0.25, 0.3) is 5.91 Å². The Labute approximate surface area is 244 Å². The third-order valence-electron chi connectivity index (χ3n) is 9.97. The van der Waals surface area contributed by atoms with Gasteiger partial charge in [0, 0.05) is 37.6 Å². The van der Waals surface area contributed by atoms with Crippen molar-refractivity contribution in [3.05, 3.63) is 57.4 Å². The molecular formula is C32H36ClN3O5. The second-order valence-corrected chi connectivity index (χ2v) is 13.0. The van der Waals surface area contributed by atoms with Gasteiger partial charge < -0.3 is 14.7 Å². The van der Waals surface area contributed by atoms with Gasteiger partial charge in [0.05, 0.1) is 33.5 Å². The number of likely N-dealkylation sites (tertiary alicyclic amines) is 1. The van der Waals surface area contributed by atoms with E-state index in [1.54, 1.807) is 6.07 Å². The minimum atomic E-state index is -0.776. The van der Waals surface area contributed by atoms with Crippen LogP contribution in [-0.4, -0.2) is 62.9 Å². The fraction of sp³-hybridized carbons (Fsp3) is 0.562. The van der Waals surface area contributed by atoms with E-state index in [2.05, 4.69) is 0 Å². The molecule has 3 heterocycles. The normalized spacial score (nSPS) is 27.6. The molecule has 2 saturated heterocycles. The lowest BCUT2D eigenvalue weighted by Crippen LogP contribution is -2.40. The molecule has 1 N–H and O–H groups in total. The number of fused-ring (bicyclic) bond motifs is 1. The molecule has 216 valence electrons. The van der Waals surface area contributed by atoms with Crippen molar-refractivity contribution in [3.63, 3.8) is 0 Å². The molecule has 7 rings (SSSR count). The zero-order chi connectivity index (χ0) is 28.3. The number of nitrogens with zero attached hydrogens (tertiary/aromatic N) is 3. The van der Waals surface area contributed by atoms with E-state index in [1.807, 2.05) is 23.1 Å².